The molecule has 0 fully saturated rings. The van der Waals surface area contributed by atoms with E-state index in [1.165, 1.54) is 0 Å². The zero-order valence-corrected chi connectivity index (χ0v) is 9.53. The number of nitrogens with zero attached hydrogens (tertiary/aromatic N) is 1. The van der Waals surface area contributed by atoms with Crippen LogP contribution in [0.4, 0.5) is 0 Å². The first-order valence-electron chi connectivity index (χ1n) is 5.43. The minimum Gasteiger partial charge on any atom is -0.356 e. The molecular formula is C10H17N5O2. The van der Waals surface area contributed by atoms with E-state index in [-0.39, 0.29) is 24.8 Å². The minimum absolute atomic E-state index is 0.0541. The highest BCUT2D eigenvalue weighted by Gasteiger charge is 2.02. The van der Waals surface area contributed by atoms with Crippen LogP contribution in [-0.2, 0) is 16.0 Å². The third-order valence-corrected chi connectivity index (χ3v) is 2.13. The normalized spacial score (nSPS) is 9.94. The minimum atomic E-state index is -0.254. The summed E-state index contributed by atoms with van der Waals surface area (Å²) in [4.78, 5) is 28.9. The lowest BCUT2D eigenvalue weighted by Gasteiger charge is -2.05. The standard InChI is InChI=1S/C10H17N5O2/c11-5-10(17)14-4-2-9(16)13-3-1-8-6-12-7-15-8/h6-7H,1-5,11H2,(H,12,15)(H,13,16)(H,14,17). The molecule has 1 aromatic heterocycles. The molecule has 0 radical (unpaired) electrons. The number of aromatic amines is 1. The van der Waals surface area contributed by atoms with Gasteiger partial charge >= 0.3 is 0 Å². The van der Waals surface area contributed by atoms with Crippen LogP contribution in [0.5, 0.6) is 0 Å². The van der Waals surface area contributed by atoms with Gasteiger partial charge in [0.15, 0.2) is 0 Å². The van der Waals surface area contributed by atoms with Crippen molar-refractivity contribution in [3.63, 3.8) is 0 Å². The highest BCUT2D eigenvalue weighted by molar-refractivity contribution is 5.79. The first kappa shape index (κ1) is 13.2. The quantitative estimate of drug-likeness (QED) is 0.465. The Kier molecular flexibility index (Phi) is 5.73. The van der Waals surface area contributed by atoms with E-state index < -0.39 is 0 Å². The summed E-state index contributed by atoms with van der Waals surface area (Å²) in [5.41, 5.74) is 6.08. The van der Waals surface area contributed by atoms with Gasteiger partial charge in [0.1, 0.15) is 0 Å². The van der Waals surface area contributed by atoms with Gasteiger partial charge in [-0.1, -0.05) is 0 Å². The number of carbonyl (C=O) groups excluding carboxylic acids is 2. The molecule has 7 heteroatoms. The van der Waals surface area contributed by atoms with Crippen LogP contribution in [0, 0.1) is 0 Å². The molecule has 0 spiro atoms. The highest BCUT2D eigenvalue weighted by atomic mass is 16.2. The van der Waals surface area contributed by atoms with Crippen molar-refractivity contribution in [3.8, 4) is 0 Å². The zero-order chi connectivity index (χ0) is 12.5. The van der Waals surface area contributed by atoms with Gasteiger partial charge in [-0.05, 0) is 0 Å². The molecule has 1 heterocycles. The van der Waals surface area contributed by atoms with Crippen LogP contribution >= 0.6 is 0 Å². The van der Waals surface area contributed by atoms with Gasteiger partial charge in [-0.25, -0.2) is 4.98 Å². The first-order valence-corrected chi connectivity index (χ1v) is 5.43. The lowest BCUT2D eigenvalue weighted by atomic mass is 10.3. The van der Waals surface area contributed by atoms with E-state index >= 15 is 0 Å². The van der Waals surface area contributed by atoms with Crippen molar-refractivity contribution in [2.24, 2.45) is 5.73 Å². The number of nitrogens with one attached hydrogen (secondary N) is 3. The van der Waals surface area contributed by atoms with Crippen molar-refractivity contribution in [2.45, 2.75) is 12.8 Å². The molecule has 0 saturated heterocycles. The molecule has 0 aliphatic rings. The third kappa shape index (κ3) is 5.67. The fraction of sp³-hybridized carbons (Fsp3) is 0.500. The molecule has 0 aliphatic carbocycles. The zero-order valence-electron chi connectivity index (χ0n) is 9.53. The van der Waals surface area contributed by atoms with Crippen LogP contribution in [-0.4, -0.2) is 41.4 Å². The second-order valence-corrected chi connectivity index (χ2v) is 3.48. The summed E-state index contributed by atoms with van der Waals surface area (Å²) in [5.74, 6) is -0.350. The number of hydrogen-bond donors (Lipinski definition) is 4. The van der Waals surface area contributed by atoms with E-state index in [0.29, 0.717) is 19.5 Å². The Morgan fingerprint density at radius 3 is 2.71 bits per heavy atom. The van der Waals surface area contributed by atoms with Gasteiger partial charge in [-0.3, -0.25) is 9.59 Å². The van der Waals surface area contributed by atoms with Crippen LogP contribution in [0.2, 0.25) is 0 Å². The topological polar surface area (TPSA) is 113 Å². The second-order valence-electron chi connectivity index (χ2n) is 3.48. The number of imidazole rings is 1. The summed E-state index contributed by atoms with van der Waals surface area (Å²) in [6, 6.07) is 0. The molecule has 1 rings (SSSR count). The maximum absolute atomic E-state index is 11.3. The molecule has 0 aromatic carbocycles. The molecule has 0 bridgehead atoms. The number of carbonyl (C=O) groups is 2. The van der Waals surface area contributed by atoms with Crippen molar-refractivity contribution < 1.29 is 9.59 Å². The van der Waals surface area contributed by atoms with Crippen molar-refractivity contribution in [3.05, 3.63) is 18.2 Å². The average Bonchev–Trinajstić information content (AvgIpc) is 2.82. The summed E-state index contributed by atoms with van der Waals surface area (Å²) in [5, 5.41) is 5.27. The Morgan fingerprint density at radius 1 is 1.29 bits per heavy atom. The van der Waals surface area contributed by atoms with Crippen molar-refractivity contribution in [1.29, 1.82) is 0 Å². The Hall–Kier alpha value is -1.89. The van der Waals surface area contributed by atoms with Crippen LogP contribution in [0.15, 0.2) is 12.5 Å². The number of hydrogen-bond acceptors (Lipinski definition) is 4. The monoisotopic (exact) mass is 239 g/mol. The summed E-state index contributed by atoms with van der Waals surface area (Å²) < 4.78 is 0. The van der Waals surface area contributed by atoms with E-state index in [0.717, 1.165) is 5.69 Å². The fourth-order valence-electron chi connectivity index (χ4n) is 1.23. The summed E-state index contributed by atoms with van der Waals surface area (Å²) in [6.45, 7) is 0.805. The van der Waals surface area contributed by atoms with E-state index in [1.54, 1.807) is 12.5 Å². The van der Waals surface area contributed by atoms with E-state index in [4.69, 9.17) is 5.73 Å². The lowest BCUT2D eigenvalue weighted by Crippen LogP contribution is -2.34. The van der Waals surface area contributed by atoms with Gasteiger partial charge in [-0.2, -0.15) is 0 Å². The highest BCUT2D eigenvalue weighted by Crippen LogP contribution is 1.90. The smallest absolute Gasteiger partial charge is 0.233 e. The molecule has 2 amide bonds. The lowest BCUT2D eigenvalue weighted by molar-refractivity contribution is -0.121. The van der Waals surface area contributed by atoms with E-state index in [9.17, 15) is 9.59 Å². The molecule has 0 saturated carbocycles. The van der Waals surface area contributed by atoms with Gasteiger partial charge < -0.3 is 21.4 Å². The van der Waals surface area contributed by atoms with Crippen LogP contribution in [0.1, 0.15) is 12.1 Å². The van der Waals surface area contributed by atoms with Gasteiger partial charge in [0, 0.05) is 37.8 Å². The first-order chi connectivity index (χ1) is 8.22. The largest absolute Gasteiger partial charge is 0.356 e. The molecule has 0 atom stereocenters. The van der Waals surface area contributed by atoms with Crippen molar-refractivity contribution in [2.75, 3.05) is 19.6 Å². The summed E-state index contributed by atoms with van der Waals surface area (Å²) in [7, 11) is 0. The maximum Gasteiger partial charge on any atom is 0.233 e. The third-order valence-electron chi connectivity index (χ3n) is 2.13. The second kappa shape index (κ2) is 7.39. The van der Waals surface area contributed by atoms with Crippen molar-refractivity contribution >= 4 is 11.8 Å². The predicted molar refractivity (Wildman–Crippen MR) is 62.0 cm³/mol. The average molecular weight is 239 g/mol. The molecule has 17 heavy (non-hydrogen) atoms. The van der Waals surface area contributed by atoms with Gasteiger partial charge in [0.2, 0.25) is 11.8 Å². The summed E-state index contributed by atoms with van der Waals surface area (Å²) in [6.07, 6.45) is 4.28. The Balaban J connectivity index is 2.03. The van der Waals surface area contributed by atoms with Crippen molar-refractivity contribution in [1.82, 2.24) is 20.6 Å². The fourth-order valence-corrected chi connectivity index (χ4v) is 1.23. The molecule has 94 valence electrons. The van der Waals surface area contributed by atoms with Gasteiger partial charge in [0.25, 0.3) is 0 Å². The number of H-pyrrole nitrogens is 1. The molecule has 7 nitrogen and oxygen atoms in total. The Morgan fingerprint density at radius 2 is 2.06 bits per heavy atom. The van der Waals surface area contributed by atoms with Gasteiger partial charge in [-0.15, -0.1) is 0 Å². The maximum atomic E-state index is 11.3. The molecule has 1 aromatic rings. The Bertz CT molecular complexity index is 350. The number of amides is 2. The number of aromatic nitrogens is 2. The molecule has 0 unspecified atom stereocenters. The molecule has 5 N–H and O–H groups in total. The summed E-state index contributed by atoms with van der Waals surface area (Å²) >= 11 is 0. The SMILES string of the molecule is NCC(=O)NCCC(=O)NCCc1cnc[nH]1. The Labute approximate surface area is 99.2 Å². The molecular weight excluding hydrogens is 222 g/mol. The number of nitrogens with two attached hydrogens (primary N) is 1. The van der Waals surface area contributed by atoms with Crippen LogP contribution in [0.25, 0.3) is 0 Å². The van der Waals surface area contributed by atoms with Gasteiger partial charge in [0.05, 0.1) is 12.9 Å². The molecule has 0 aliphatic heterocycles. The van der Waals surface area contributed by atoms with E-state index in [2.05, 4.69) is 20.6 Å². The van der Waals surface area contributed by atoms with E-state index in [1.807, 2.05) is 0 Å². The number of rotatable bonds is 7. The van der Waals surface area contributed by atoms with Crippen LogP contribution < -0.4 is 16.4 Å². The predicted octanol–water partition coefficient (Wildman–Crippen LogP) is -1.47. The van der Waals surface area contributed by atoms with Crippen LogP contribution in [0.3, 0.4) is 0 Å².